The van der Waals surface area contributed by atoms with Gasteiger partial charge in [0.2, 0.25) is 0 Å². The van der Waals surface area contributed by atoms with Crippen molar-refractivity contribution < 1.29 is 0 Å². The van der Waals surface area contributed by atoms with Crippen LogP contribution in [-0.2, 0) is 0 Å². The fourth-order valence-electron chi connectivity index (χ4n) is 0.411. The summed E-state index contributed by atoms with van der Waals surface area (Å²) in [4.78, 5) is 0. The Labute approximate surface area is 66.6 Å². The molecule has 4 heteroatoms. The molecule has 0 amide bonds. The van der Waals surface area contributed by atoms with Crippen LogP contribution in [0.4, 0.5) is 0 Å². The number of hydrogen-bond acceptors (Lipinski definition) is 0. The maximum atomic E-state index is 3.63. The molecule has 0 N–H and O–H groups in total. The van der Waals surface area contributed by atoms with E-state index in [9.17, 15) is 0 Å². The third-order valence-corrected chi connectivity index (χ3v) is 14.3. The number of hydrogen-bond donors (Lipinski definition) is 0. The van der Waals surface area contributed by atoms with Crippen LogP contribution >= 0.6 is 42.0 Å². The monoisotopic (exact) mass is 352 g/mol. The van der Waals surface area contributed by atoms with Gasteiger partial charge in [-0.05, 0) is 0 Å². The Bertz CT molecular complexity index is 72.7. The molecule has 0 atom stereocenters. The van der Waals surface area contributed by atoms with E-state index in [4.69, 9.17) is 0 Å². The summed E-state index contributed by atoms with van der Waals surface area (Å²) in [5.74, 6) is 0. The first-order valence-electron chi connectivity index (χ1n) is 2.17. The Hall–Kier alpha value is 1.98. The summed E-state index contributed by atoms with van der Waals surface area (Å²) in [6, 6.07) is 0. The molecule has 0 nitrogen and oxygen atoms in total. The van der Waals surface area contributed by atoms with Crippen LogP contribution in [0.15, 0.2) is 0 Å². The predicted molar refractivity (Wildman–Crippen MR) is 45.5 cm³/mol. The molecule has 0 aromatic carbocycles. The van der Waals surface area contributed by atoms with Gasteiger partial charge in [-0.25, -0.2) is 0 Å². The molecule has 0 saturated heterocycles. The molecule has 1 fully saturated rings. The quantitative estimate of drug-likeness (QED) is 0.635. The Balaban J connectivity index is 2.36. The van der Waals surface area contributed by atoms with E-state index in [0.29, 0.717) is 0 Å². The second kappa shape index (κ2) is 2.31. The van der Waals surface area contributed by atoms with Crippen LogP contribution in [0, 0.1) is 0 Å². The second-order valence-electron chi connectivity index (χ2n) is 1.82. The minimum atomic E-state index is -1.62. The predicted octanol–water partition coefficient (Wildman–Crippen LogP) is 3.27. The van der Waals surface area contributed by atoms with Crippen LogP contribution in [0.25, 0.3) is 0 Å². The summed E-state index contributed by atoms with van der Waals surface area (Å²) in [7, 11) is -1.62. The zero-order chi connectivity index (χ0) is 5.49. The summed E-state index contributed by atoms with van der Waals surface area (Å²) >= 11 is 10.9. The molecule has 0 aromatic rings. The van der Waals surface area contributed by atoms with Gasteiger partial charge in [-0.2, -0.15) is 0 Å². The zero-order valence-corrected chi connectivity index (χ0v) is 10.5. The summed E-state index contributed by atoms with van der Waals surface area (Å²) in [6.07, 6.45) is 2.84. The molecule has 1 aliphatic carbocycles. The van der Waals surface area contributed by atoms with E-state index >= 15 is 0 Å². The number of rotatable bonds is 1. The van der Waals surface area contributed by atoms with Gasteiger partial charge in [-0.3, -0.25) is 0 Å². The molecule has 7 heavy (non-hydrogen) atoms. The van der Waals surface area contributed by atoms with Crippen LogP contribution in [0.5, 0.6) is 0 Å². The topological polar surface area (TPSA) is 0 Å². The van der Waals surface area contributed by atoms with E-state index in [-0.39, 0.29) is 0 Å². The van der Waals surface area contributed by atoms with Crippen molar-refractivity contribution in [2.24, 2.45) is 0 Å². The number of halogens is 3. The molecule has 1 saturated carbocycles. The molecule has 0 heterocycles. The van der Waals surface area contributed by atoms with Gasteiger partial charge in [0.05, 0.1) is 0 Å². The first kappa shape index (κ1) is 7.09. The summed E-state index contributed by atoms with van der Waals surface area (Å²) in [5.41, 5.74) is 0. The van der Waals surface area contributed by atoms with E-state index in [2.05, 4.69) is 42.0 Å². The van der Waals surface area contributed by atoms with Gasteiger partial charge in [0.25, 0.3) is 0 Å². The van der Waals surface area contributed by atoms with Crippen molar-refractivity contribution in [2.75, 3.05) is 0 Å². The van der Waals surface area contributed by atoms with E-state index in [1.54, 1.807) is 0 Å². The molecule has 0 bridgehead atoms. The average Bonchev–Trinajstić information content (AvgIpc) is 1.99. The van der Waals surface area contributed by atoms with Gasteiger partial charge in [0.15, 0.2) is 0 Å². The standard InChI is InChI=1S/C3H5Br3Ge/c4-7(5,6)3-1-2-3/h3H,1-2H2. The van der Waals surface area contributed by atoms with Crippen molar-refractivity contribution >= 4 is 49.8 Å². The van der Waals surface area contributed by atoms with Crippen LogP contribution < -0.4 is 0 Å². The Morgan fingerprint density at radius 1 is 1.14 bits per heavy atom. The molecule has 0 aliphatic heterocycles. The fraction of sp³-hybridized carbons (Fsp3) is 1.00. The van der Waals surface area contributed by atoms with Gasteiger partial charge >= 0.3 is 67.3 Å². The van der Waals surface area contributed by atoms with Gasteiger partial charge < -0.3 is 0 Å². The van der Waals surface area contributed by atoms with Crippen molar-refractivity contribution in [3.63, 3.8) is 0 Å². The molecule has 0 radical (unpaired) electrons. The molecule has 0 aromatic heterocycles. The van der Waals surface area contributed by atoms with Crippen LogP contribution in [0.2, 0.25) is 4.75 Å². The third-order valence-electron chi connectivity index (χ3n) is 1.04. The van der Waals surface area contributed by atoms with Crippen LogP contribution in [0.1, 0.15) is 12.8 Å². The van der Waals surface area contributed by atoms with E-state index in [1.807, 2.05) is 0 Å². The molecule has 42 valence electrons. The van der Waals surface area contributed by atoms with Crippen molar-refractivity contribution in [1.29, 1.82) is 0 Å². The minimum absolute atomic E-state index is 0.986. The molecule has 1 aliphatic rings. The molecular weight excluding hydrogens is 348 g/mol. The fourth-order valence-corrected chi connectivity index (χ4v) is 9.27. The molecule has 1 rings (SSSR count). The first-order chi connectivity index (χ1) is 3.11. The summed E-state index contributed by atoms with van der Waals surface area (Å²) in [5, 5.41) is 0. The van der Waals surface area contributed by atoms with E-state index < -0.39 is 7.74 Å². The third kappa shape index (κ3) is 2.37. The van der Waals surface area contributed by atoms with Crippen molar-refractivity contribution in [3.05, 3.63) is 0 Å². The van der Waals surface area contributed by atoms with Gasteiger partial charge in [-0.1, -0.05) is 0 Å². The Kier molecular flexibility index (Phi) is 2.34. The van der Waals surface area contributed by atoms with Crippen LogP contribution in [0.3, 0.4) is 0 Å². The summed E-state index contributed by atoms with van der Waals surface area (Å²) < 4.78 is 0.986. The van der Waals surface area contributed by atoms with Crippen molar-refractivity contribution in [2.45, 2.75) is 17.6 Å². The average molecular weight is 353 g/mol. The maximum absolute atomic E-state index is 3.63. The second-order valence-corrected chi connectivity index (χ2v) is 41.9. The Morgan fingerprint density at radius 2 is 1.57 bits per heavy atom. The van der Waals surface area contributed by atoms with E-state index in [1.165, 1.54) is 12.8 Å². The normalized spacial score (nSPS) is 22.7. The first-order valence-corrected chi connectivity index (χ1v) is 18.1. The van der Waals surface area contributed by atoms with Crippen LogP contribution in [-0.4, -0.2) is 7.74 Å². The Morgan fingerprint density at radius 3 is 1.57 bits per heavy atom. The SMILES string of the molecule is [Br][Ge]([Br])([Br])[CH]1CC1. The van der Waals surface area contributed by atoms with Crippen molar-refractivity contribution in [3.8, 4) is 0 Å². The molecule has 0 unspecified atom stereocenters. The zero-order valence-electron chi connectivity index (χ0n) is 3.63. The molecule has 0 spiro atoms. The molecular formula is C3H5Br3Ge. The van der Waals surface area contributed by atoms with Crippen molar-refractivity contribution in [1.82, 2.24) is 0 Å². The van der Waals surface area contributed by atoms with E-state index in [0.717, 1.165) is 4.75 Å². The van der Waals surface area contributed by atoms with Gasteiger partial charge in [-0.15, -0.1) is 0 Å². The van der Waals surface area contributed by atoms with Gasteiger partial charge in [0.1, 0.15) is 0 Å². The van der Waals surface area contributed by atoms with Gasteiger partial charge in [0, 0.05) is 0 Å². The summed E-state index contributed by atoms with van der Waals surface area (Å²) in [6.45, 7) is 0.